The Morgan fingerprint density at radius 1 is 1.04 bits per heavy atom. The highest BCUT2D eigenvalue weighted by atomic mass is 15.3. The molecular formula is C21H24N2. The second-order valence-electron chi connectivity index (χ2n) is 6.32. The molecule has 1 heterocycles. The number of rotatable bonds is 4. The summed E-state index contributed by atoms with van der Waals surface area (Å²) in [5.74, 6) is 0.511. The minimum absolute atomic E-state index is 0.511. The summed E-state index contributed by atoms with van der Waals surface area (Å²) in [5, 5.41) is 4.65. The van der Waals surface area contributed by atoms with Crippen molar-refractivity contribution in [2.45, 2.75) is 40.0 Å². The van der Waals surface area contributed by atoms with E-state index in [-0.39, 0.29) is 0 Å². The molecule has 3 rings (SSSR count). The highest BCUT2D eigenvalue weighted by Gasteiger charge is 2.17. The Morgan fingerprint density at radius 2 is 1.78 bits per heavy atom. The fourth-order valence-electron chi connectivity index (χ4n) is 3.19. The zero-order valence-corrected chi connectivity index (χ0v) is 14.4. The summed E-state index contributed by atoms with van der Waals surface area (Å²) in [6.45, 7) is 8.89. The van der Waals surface area contributed by atoms with Gasteiger partial charge < -0.3 is 0 Å². The van der Waals surface area contributed by atoms with E-state index < -0.39 is 0 Å². The van der Waals surface area contributed by atoms with Crippen molar-refractivity contribution in [1.29, 1.82) is 0 Å². The Kier molecular flexibility index (Phi) is 4.33. The van der Waals surface area contributed by atoms with Crippen molar-refractivity contribution in [1.82, 2.24) is 9.78 Å². The molecule has 2 heteroatoms. The average Bonchev–Trinajstić information content (AvgIpc) is 3.03. The van der Waals surface area contributed by atoms with Crippen LogP contribution in [0.5, 0.6) is 0 Å². The SMILES string of the molecule is CCC(C)c1cc(C)cc(C)c1-n1nccc1-c1ccccc1. The van der Waals surface area contributed by atoms with Gasteiger partial charge in [0.25, 0.3) is 0 Å². The standard InChI is InChI=1S/C21H24N2/c1-5-16(3)19-14-15(2)13-17(4)21(19)23-20(11-12-22-23)18-9-7-6-8-10-18/h6-14,16H,5H2,1-4H3. The molecule has 0 radical (unpaired) electrons. The van der Waals surface area contributed by atoms with Crippen LogP contribution in [0.1, 0.15) is 42.9 Å². The number of benzene rings is 2. The van der Waals surface area contributed by atoms with Gasteiger partial charge in [0, 0.05) is 5.56 Å². The molecule has 0 N–H and O–H groups in total. The summed E-state index contributed by atoms with van der Waals surface area (Å²) in [6.07, 6.45) is 3.01. The Bertz CT molecular complexity index is 800. The van der Waals surface area contributed by atoms with Crippen LogP contribution in [0.4, 0.5) is 0 Å². The van der Waals surface area contributed by atoms with Gasteiger partial charge >= 0.3 is 0 Å². The van der Waals surface area contributed by atoms with E-state index in [1.165, 1.54) is 27.9 Å². The first-order valence-electron chi connectivity index (χ1n) is 8.32. The number of hydrogen-bond donors (Lipinski definition) is 0. The third kappa shape index (κ3) is 2.94. The smallest absolute Gasteiger partial charge is 0.0741 e. The lowest BCUT2D eigenvalue weighted by atomic mass is 9.92. The molecule has 2 aromatic carbocycles. The van der Waals surface area contributed by atoms with Crippen molar-refractivity contribution in [3.63, 3.8) is 0 Å². The zero-order valence-electron chi connectivity index (χ0n) is 14.4. The fourth-order valence-corrected chi connectivity index (χ4v) is 3.19. The quantitative estimate of drug-likeness (QED) is 0.607. The summed E-state index contributed by atoms with van der Waals surface area (Å²) in [4.78, 5) is 0. The molecule has 1 atom stereocenters. The molecule has 0 fully saturated rings. The van der Waals surface area contributed by atoms with Gasteiger partial charge in [0.2, 0.25) is 0 Å². The van der Waals surface area contributed by atoms with Crippen molar-refractivity contribution in [3.05, 3.63) is 71.4 Å². The molecule has 0 saturated heterocycles. The van der Waals surface area contributed by atoms with E-state index >= 15 is 0 Å². The fraction of sp³-hybridized carbons (Fsp3) is 0.286. The highest BCUT2D eigenvalue weighted by Crippen LogP contribution is 2.32. The van der Waals surface area contributed by atoms with Crippen molar-refractivity contribution in [2.75, 3.05) is 0 Å². The lowest BCUT2D eigenvalue weighted by Crippen LogP contribution is -2.08. The van der Waals surface area contributed by atoms with E-state index in [4.69, 9.17) is 0 Å². The van der Waals surface area contributed by atoms with Crippen LogP contribution in [0.2, 0.25) is 0 Å². The van der Waals surface area contributed by atoms with Gasteiger partial charge in [-0.1, -0.05) is 61.9 Å². The Balaban J connectivity index is 2.23. The molecule has 0 spiro atoms. The van der Waals surface area contributed by atoms with Gasteiger partial charge in [-0.25, -0.2) is 4.68 Å². The lowest BCUT2D eigenvalue weighted by molar-refractivity contribution is 0.715. The second kappa shape index (κ2) is 6.41. The lowest BCUT2D eigenvalue weighted by Gasteiger charge is -2.20. The molecule has 3 aromatic rings. The average molecular weight is 304 g/mol. The summed E-state index contributed by atoms with van der Waals surface area (Å²) in [6, 6.07) is 17.1. The minimum atomic E-state index is 0.511. The molecule has 0 aliphatic rings. The molecule has 0 bridgehead atoms. The Labute approximate surface area is 138 Å². The number of hydrogen-bond acceptors (Lipinski definition) is 1. The monoisotopic (exact) mass is 304 g/mol. The van der Waals surface area contributed by atoms with Crippen LogP contribution >= 0.6 is 0 Å². The molecule has 2 nitrogen and oxygen atoms in total. The summed E-state index contributed by atoms with van der Waals surface area (Å²) < 4.78 is 2.10. The van der Waals surface area contributed by atoms with Crippen LogP contribution in [0.25, 0.3) is 16.9 Å². The van der Waals surface area contributed by atoms with Crippen LogP contribution in [0.15, 0.2) is 54.7 Å². The number of aryl methyl sites for hydroxylation is 2. The maximum absolute atomic E-state index is 4.65. The van der Waals surface area contributed by atoms with Crippen LogP contribution in [-0.2, 0) is 0 Å². The molecule has 118 valence electrons. The Morgan fingerprint density at radius 3 is 2.48 bits per heavy atom. The molecule has 0 aliphatic heterocycles. The van der Waals surface area contributed by atoms with Gasteiger partial charge in [0.1, 0.15) is 0 Å². The summed E-state index contributed by atoms with van der Waals surface area (Å²) >= 11 is 0. The first-order chi connectivity index (χ1) is 11.1. The highest BCUT2D eigenvalue weighted by molar-refractivity contribution is 5.64. The summed E-state index contributed by atoms with van der Waals surface area (Å²) in [7, 11) is 0. The maximum atomic E-state index is 4.65. The van der Waals surface area contributed by atoms with Crippen LogP contribution in [0, 0.1) is 13.8 Å². The van der Waals surface area contributed by atoms with Gasteiger partial charge in [-0.05, 0) is 43.4 Å². The van der Waals surface area contributed by atoms with E-state index in [2.05, 4.69) is 79.9 Å². The molecule has 1 aromatic heterocycles. The van der Waals surface area contributed by atoms with Gasteiger partial charge in [0.05, 0.1) is 17.6 Å². The van der Waals surface area contributed by atoms with Crippen LogP contribution in [-0.4, -0.2) is 9.78 Å². The molecular weight excluding hydrogens is 280 g/mol. The van der Waals surface area contributed by atoms with Gasteiger partial charge in [-0.3, -0.25) is 0 Å². The van der Waals surface area contributed by atoms with E-state index in [9.17, 15) is 0 Å². The van der Waals surface area contributed by atoms with Gasteiger partial charge in [-0.2, -0.15) is 5.10 Å². The van der Waals surface area contributed by atoms with Crippen molar-refractivity contribution >= 4 is 0 Å². The maximum Gasteiger partial charge on any atom is 0.0741 e. The second-order valence-corrected chi connectivity index (χ2v) is 6.32. The van der Waals surface area contributed by atoms with E-state index in [1.54, 1.807) is 0 Å². The van der Waals surface area contributed by atoms with Crippen molar-refractivity contribution in [2.24, 2.45) is 0 Å². The third-order valence-electron chi connectivity index (χ3n) is 4.54. The minimum Gasteiger partial charge on any atom is -0.233 e. The predicted molar refractivity (Wildman–Crippen MR) is 97.2 cm³/mol. The van der Waals surface area contributed by atoms with Crippen LogP contribution in [0.3, 0.4) is 0 Å². The first-order valence-corrected chi connectivity index (χ1v) is 8.32. The van der Waals surface area contributed by atoms with Gasteiger partial charge in [-0.15, -0.1) is 0 Å². The number of aromatic nitrogens is 2. The molecule has 0 aliphatic carbocycles. The molecule has 1 unspecified atom stereocenters. The normalized spacial score (nSPS) is 12.3. The third-order valence-corrected chi connectivity index (χ3v) is 4.54. The van der Waals surface area contributed by atoms with E-state index in [1.807, 2.05) is 12.3 Å². The van der Waals surface area contributed by atoms with E-state index in [0.717, 1.165) is 12.1 Å². The topological polar surface area (TPSA) is 17.8 Å². The van der Waals surface area contributed by atoms with Crippen molar-refractivity contribution < 1.29 is 0 Å². The van der Waals surface area contributed by atoms with Crippen molar-refractivity contribution in [3.8, 4) is 16.9 Å². The molecule has 23 heavy (non-hydrogen) atoms. The van der Waals surface area contributed by atoms with E-state index in [0.29, 0.717) is 5.92 Å². The zero-order chi connectivity index (χ0) is 16.4. The largest absolute Gasteiger partial charge is 0.233 e. The predicted octanol–water partition coefficient (Wildman–Crippen LogP) is 5.67. The number of nitrogens with zero attached hydrogens (tertiary/aromatic N) is 2. The van der Waals surface area contributed by atoms with Gasteiger partial charge in [0.15, 0.2) is 0 Å². The molecule has 0 saturated carbocycles. The Hall–Kier alpha value is -2.35. The first kappa shape index (κ1) is 15.5. The van der Waals surface area contributed by atoms with Crippen LogP contribution < -0.4 is 0 Å². The summed E-state index contributed by atoms with van der Waals surface area (Å²) in [5.41, 5.74) is 7.54. The molecule has 0 amide bonds.